The summed E-state index contributed by atoms with van der Waals surface area (Å²) in [4.78, 5) is 4.92. The number of hydrogen-bond acceptors (Lipinski definition) is 6. The van der Waals surface area contributed by atoms with Crippen LogP contribution in [0, 0.1) is 5.82 Å². The lowest BCUT2D eigenvalue weighted by Crippen LogP contribution is -2.47. The standard InChI is InChI=1S/C28H30FN5O/c29-25-15-8-7-14-24(25)26(28-32-31-27(35-28)22-10-3-1-4-11-22)30-16-9-17-33-18-20-34(21-19-33)23-12-5-2-6-13-23/h1-8,10-15,26,30H,9,16-21H2. The van der Waals surface area contributed by atoms with Gasteiger partial charge in [-0.05, 0) is 49.8 Å². The Morgan fingerprint density at radius 3 is 2.26 bits per heavy atom. The highest BCUT2D eigenvalue weighted by Crippen LogP contribution is 2.26. The number of piperazine rings is 1. The maximum atomic E-state index is 14.7. The van der Waals surface area contributed by atoms with Gasteiger partial charge < -0.3 is 14.6 Å². The largest absolute Gasteiger partial charge is 0.419 e. The molecule has 0 spiro atoms. The molecule has 1 aliphatic rings. The highest BCUT2D eigenvalue weighted by molar-refractivity contribution is 5.52. The molecule has 0 aliphatic carbocycles. The normalized spacial score (nSPS) is 15.3. The van der Waals surface area contributed by atoms with Crippen LogP contribution in [0.5, 0.6) is 0 Å². The third-order valence-electron chi connectivity index (χ3n) is 6.42. The van der Waals surface area contributed by atoms with Gasteiger partial charge in [-0.15, -0.1) is 10.2 Å². The summed E-state index contributed by atoms with van der Waals surface area (Å²) < 4.78 is 20.7. The second-order valence-electron chi connectivity index (χ2n) is 8.74. The Morgan fingerprint density at radius 1 is 0.829 bits per heavy atom. The van der Waals surface area contributed by atoms with Gasteiger partial charge in [-0.3, -0.25) is 4.90 Å². The van der Waals surface area contributed by atoms with Crippen LogP contribution < -0.4 is 10.2 Å². The van der Waals surface area contributed by atoms with Crippen LogP contribution in [0.2, 0.25) is 0 Å². The van der Waals surface area contributed by atoms with E-state index in [1.807, 2.05) is 36.4 Å². The zero-order valence-electron chi connectivity index (χ0n) is 19.7. The summed E-state index contributed by atoms with van der Waals surface area (Å²) in [6, 6.07) is 26.4. The van der Waals surface area contributed by atoms with Gasteiger partial charge in [-0.1, -0.05) is 54.6 Å². The Hall–Kier alpha value is -3.55. The van der Waals surface area contributed by atoms with Crippen LogP contribution in [0.3, 0.4) is 0 Å². The first-order valence-corrected chi connectivity index (χ1v) is 12.2. The Labute approximate surface area is 205 Å². The van der Waals surface area contributed by atoms with Crippen molar-refractivity contribution in [1.29, 1.82) is 0 Å². The lowest BCUT2D eigenvalue weighted by atomic mass is 10.1. The second kappa shape index (κ2) is 11.3. The maximum Gasteiger partial charge on any atom is 0.247 e. The van der Waals surface area contributed by atoms with Gasteiger partial charge in [-0.25, -0.2) is 4.39 Å². The van der Waals surface area contributed by atoms with Gasteiger partial charge in [0.2, 0.25) is 11.8 Å². The smallest absolute Gasteiger partial charge is 0.247 e. The number of nitrogens with one attached hydrogen (secondary N) is 1. The van der Waals surface area contributed by atoms with E-state index in [1.54, 1.807) is 12.1 Å². The first-order valence-electron chi connectivity index (χ1n) is 12.2. The fraction of sp³-hybridized carbons (Fsp3) is 0.286. The molecule has 6 nitrogen and oxygen atoms in total. The first kappa shape index (κ1) is 23.2. The SMILES string of the molecule is Fc1ccccc1C(NCCCN1CCN(c2ccccc2)CC1)c1nnc(-c2ccccc2)o1. The molecule has 7 heteroatoms. The van der Waals surface area contributed by atoms with Crippen molar-refractivity contribution in [3.8, 4) is 11.5 Å². The summed E-state index contributed by atoms with van der Waals surface area (Å²) >= 11 is 0. The Kier molecular flexibility index (Phi) is 7.46. The Balaban J connectivity index is 1.19. The molecular formula is C28H30FN5O. The van der Waals surface area contributed by atoms with Crippen molar-refractivity contribution in [1.82, 2.24) is 20.4 Å². The van der Waals surface area contributed by atoms with Gasteiger partial charge in [0.15, 0.2) is 0 Å². The van der Waals surface area contributed by atoms with Crippen molar-refractivity contribution < 1.29 is 8.81 Å². The predicted octanol–water partition coefficient (Wildman–Crippen LogP) is 4.77. The summed E-state index contributed by atoms with van der Waals surface area (Å²) in [6.07, 6.45) is 0.940. The number of anilines is 1. The van der Waals surface area contributed by atoms with Crippen molar-refractivity contribution in [2.75, 3.05) is 44.2 Å². The minimum Gasteiger partial charge on any atom is -0.419 e. The molecule has 0 saturated carbocycles. The third-order valence-corrected chi connectivity index (χ3v) is 6.42. The second-order valence-corrected chi connectivity index (χ2v) is 8.74. The van der Waals surface area contributed by atoms with Gasteiger partial charge in [0, 0.05) is 43.0 Å². The average molecular weight is 472 g/mol. The van der Waals surface area contributed by atoms with Crippen LogP contribution in [0.1, 0.15) is 23.9 Å². The lowest BCUT2D eigenvalue weighted by molar-refractivity contribution is 0.252. The highest BCUT2D eigenvalue weighted by atomic mass is 19.1. The molecule has 4 aromatic rings. The van der Waals surface area contributed by atoms with E-state index >= 15 is 0 Å². The number of rotatable bonds is 9. The van der Waals surface area contributed by atoms with Crippen molar-refractivity contribution in [2.24, 2.45) is 0 Å². The van der Waals surface area contributed by atoms with E-state index in [2.05, 4.69) is 55.6 Å². The first-order chi connectivity index (χ1) is 17.3. The summed E-state index contributed by atoms with van der Waals surface area (Å²) in [5.74, 6) is 0.506. The van der Waals surface area contributed by atoms with Gasteiger partial charge in [0.25, 0.3) is 0 Å². The molecule has 1 aromatic heterocycles. The fourth-order valence-corrected chi connectivity index (χ4v) is 4.51. The summed E-state index contributed by atoms with van der Waals surface area (Å²) in [7, 11) is 0. The third kappa shape index (κ3) is 5.75. The molecular weight excluding hydrogens is 441 g/mol. The molecule has 1 atom stereocenters. The number of aromatic nitrogens is 2. The van der Waals surface area contributed by atoms with E-state index in [-0.39, 0.29) is 5.82 Å². The minimum absolute atomic E-state index is 0.290. The van der Waals surface area contributed by atoms with Gasteiger partial charge in [0.05, 0.1) is 0 Å². The van der Waals surface area contributed by atoms with E-state index in [0.29, 0.717) is 23.9 Å². The highest BCUT2D eigenvalue weighted by Gasteiger charge is 2.24. The summed E-state index contributed by atoms with van der Waals surface area (Å²) in [6.45, 7) is 5.82. The van der Waals surface area contributed by atoms with Crippen molar-refractivity contribution in [2.45, 2.75) is 12.5 Å². The number of nitrogens with zero attached hydrogens (tertiary/aromatic N) is 4. The van der Waals surface area contributed by atoms with Crippen LogP contribution in [0.15, 0.2) is 89.3 Å². The van der Waals surface area contributed by atoms with Crippen molar-refractivity contribution >= 4 is 5.69 Å². The molecule has 1 aliphatic heterocycles. The molecule has 1 N–H and O–H groups in total. The monoisotopic (exact) mass is 471 g/mol. The van der Waals surface area contributed by atoms with E-state index in [1.165, 1.54) is 11.8 Å². The summed E-state index contributed by atoms with van der Waals surface area (Å²) in [5, 5.41) is 11.9. The van der Waals surface area contributed by atoms with E-state index in [4.69, 9.17) is 4.42 Å². The quantitative estimate of drug-likeness (QED) is 0.355. The van der Waals surface area contributed by atoms with Crippen LogP contribution in [0.4, 0.5) is 10.1 Å². The Bertz CT molecular complexity index is 1190. The molecule has 1 unspecified atom stereocenters. The summed E-state index contributed by atoms with van der Waals surface area (Å²) in [5.41, 5.74) is 2.64. The molecule has 3 aromatic carbocycles. The van der Waals surface area contributed by atoms with Crippen LogP contribution >= 0.6 is 0 Å². The van der Waals surface area contributed by atoms with Crippen molar-refractivity contribution in [3.63, 3.8) is 0 Å². The number of para-hydroxylation sites is 1. The maximum absolute atomic E-state index is 14.7. The van der Waals surface area contributed by atoms with Gasteiger partial charge in [-0.2, -0.15) is 0 Å². The lowest BCUT2D eigenvalue weighted by Gasteiger charge is -2.36. The molecule has 0 amide bonds. The van der Waals surface area contributed by atoms with Crippen molar-refractivity contribution in [3.05, 3.63) is 102 Å². The van der Waals surface area contributed by atoms with Crippen LogP contribution in [-0.2, 0) is 0 Å². The number of benzene rings is 3. The van der Waals surface area contributed by atoms with E-state index in [0.717, 1.165) is 44.7 Å². The number of hydrogen-bond donors (Lipinski definition) is 1. The van der Waals surface area contributed by atoms with Crippen LogP contribution in [-0.4, -0.2) is 54.4 Å². The molecule has 2 heterocycles. The molecule has 180 valence electrons. The van der Waals surface area contributed by atoms with E-state index in [9.17, 15) is 4.39 Å². The predicted molar refractivity (Wildman–Crippen MR) is 136 cm³/mol. The van der Waals surface area contributed by atoms with E-state index < -0.39 is 6.04 Å². The Morgan fingerprint density at radius 2 is 1.51 bits per heavy atom. The fourth-order valence-electron chi connectivity index (χ4n) is 4.51. The average Bonchev–Trinajstić information content (AvgIpc) is 3.41. The van der Waals surface area contributed by atoms with Gasteiger partial charge in [0.1, 0.15) is 11.9 Å². The molecule has 35 heavy (non-hydrogen) atoms. The molecule has 0 bridgehead atoms. The van der Waals surface area contributed by atoms with Gasteiger partial charge >= 0.3 is 0 Å². The minimum atomic E-state index is -0.504. The number of halogens is 1. The molecule has 5 rings (SSSR count). The molecule has 1 fully saturated rings. The zero-order valence-corrected chi connectivity index (χ0v) is 19.7. The van der Waals surface area contributed by atoms with Crippen LogP contribution in [0.25, 0.3) is 11.5 Å². The molecule has 1 saturated heterocycles. The topological polar surface area (TPSA) is 57.4 Å². The molecule has 0 radical (unpaired) electrons. The zero-order chi connectivity index (χ0) is 23.9.